The molecule has 1 N–H and O–H groups in total. The fourth-order valence-electron chi connectivity index (χ4n) is 3.46. The van der Waals surface area contributed by atoms with Crippen LogP contribution in [0, 0.1) is 5.92 Å². The Morgan fingerprint density at radius 2 is 2.03 bits per heavy atom. The van der Waals surface area contributed by atoms with Crippen molar-refractivity contribution in [3.63, 3.8) is 0 Å². The molecule has 0 spiro atoms. The predicted molar refractivity (Wildman–Crippen MR) is 106 cm³/mol. The van der Waals surface area contributed by atoms with Crippen molar-refractivity contribution in [3.8, 4) is 0 Å². The van der Waals surface area contributed by atoms with E-state index in [1.165, 1.54) is 13.8 Å². The van der Waals surface area contributed by atoms with Crippen LogP contribution in [-0.2, 0) is 33.4 Å². The minimum atomic E-state index is -0.857. The summed E-state index contributed by atoms with van der Waals surface area (Å²) < 4.78 is 16.4. The minimum Gasteiger partial charge on any atom is -0.458 e. The van der Waals surface area contributed by atoms with Gasteiger partial charge in [0.05, 0.1) is 12.5 Å². The van der Waals surface area contributed by atoms with Crippen LogP contribution < -0.4 is 0 Å². The molecule has 8 nitrogen and oxygen atoms in total. The molecule has 0 aromatic carbocycles. The van der Waals surface area contributed by atoms with E-state index >= 15 is 0 Å². The summed E-state index contributed by atoms with van der Waals surface area (Å²) >= 11 is 0. The van der Waals surface area contributed by atoms with Crippen molar-refractivity contribution >= 4 is 24.2 Å². The van der Waals surface area contributed by atoms with Crippen molar-refractivity contribution in [2.75, 3.05) is 6.61 Å². The number of ether oxygens (including phenoxy) is 3. The Kier molecular flexibility index (Phi) is 7.88. The predicted octanol–water partition coefficient (Wildman–Crippen LogP) is 1.73. The number of aliphatic hydroxyl groups excluding tert-OH is 1. The molecule has 1 heterocycles. The van der Waals surface area contributed by atoms with Crippen LogP contribution in [0.5, 0.6) is 0 Å². The number of carbonyl (C=O) groups is 4. The maximum atomic E-state index is 12.4. The molecule has 1 aliphatic heterocycles. The molecule has 4 atom stereocenters. The van der Waals surface area contributed by atoms with Gasteiger partial charge in [0.1, 0.15) is 24.6 Å². The van der Waals surface area contributed by atoms with E-state index in [1.54, 1.807) is 19.1 Å². The summed E-state index contributed by atoms with van der Waals surface area (Å²) in [6.07, 6.45) is 3.15. The molecule has 0 saturated carbocycles. The van der Waals surface area contributed by atoms with E-state index in [0.717, 1.165) is 6.08 Å². The number of aliphatic hydroxyl groups is 1. The third-order valence-electron chi connectivity index (χ3n) is 5.09. The maximum Gasteiger partial charge on any atom is 0.334 e. The first kappa shape index (κ1) is 23.3. The van der Waals surface area contributed by atoms with Gasteiger partial charge < -0.3 is 19.3 Å². The third kappa shape index (κ3) is 5.54. The van der Waals surface area contributed by atoms with Crippen molar-refractivity contribution in [3.05, 3.63) is 47.1 Å². The second-order valence-electron chi connectivity index (χ2n) is 7.32. The Morgan fingerprint density at radius 1 is 1.33 bits per heavy atom. The van der Waals surface area contributed by atoms with Crippen LogP contribution in [0.3, 0.4) is 0 Å². The fourth-order valence-corrected chi connectivity index (χ4v) is 3.46. The lowest BCUT2D eigenvalue weighted by Crippen LogP contribution is -2.34. The van der Waals surface area contributed by atoms with Crippen LogP contribution in [0.2, 0.25) is 0 Å². The van der Waals surface area contributed by atoms with Crippen molar-refractivity contribution in [1.82, 2.24) is 0 Å². The summed E-state index contributed by atoms with van der Waals surface area (Å²) in [6.45, 7) is 7.96. The molecule has 30 heavy (non-hydrogen) atoms. The number of carbonyl (C=O) groups excluding carboxylic acids is 4. The molecule has 0 amide bonds. The highest BCUT2D eigenvalue weighted by Gasteiger charge is 2.45. The molecule has 2 rings (SSSR count). The van der Waals surface area contributed by atoms with E-state index in [0.29, 0.717) is 23.9 Å². The number of hydrogen-bond donors (Lipinski definition) is 1. The normalized spacial score (nSPS) is 30.7. The summed E-state index contributed by atoms with van der Waals surface area (Å²) in [5.41, 5.74) is 1.44. The average molecular weight is 418 g/mol. The van der Waals surface area contributed by atoms with Gasteiger partial charge >= 0.3 is 17.9 Å². The zero-order chi connectivity index (χ0) is 22.4. The van der Waals surface area contributed by atoms with E-state index in [4.69, 9.17) is 14.2 Å². The first-order valence-corrected chi connectivity index (χ1v) is 9.55. The molecule has 8 heteroatoms. The SMILES string of the molecule is C=C1C(=O)O[C@H]2/C=C(/C)[C@@H](OC(C)=O)C/C=C(/CO)C[C@@H](OC(=O)/C(C)=C/C=O)[C@@H]12. The maximum absolute atomic E-state index is 12.4. The molecular weight excluding hydrogens is 392 g/mol. The van der Waals surface area contributed by atoms with Gasteiger partial charge in [-0.05, 0) is 37.1 Å². The van der Waals surface area contributed by atoms with Crippen molar-refractivity contribution < 1.29 is 38.5 Å². The number of aldehydes is 1. The van der Waals surface area contributed by atoms with Gasteiger partial charge in [0.25, 0.3) is 0 Å². The largest absolute Gasteiger partial charge is 0.458 e. The zero-order valence-corrected chi connectivity index (χ0v) is 17.3. The number of allylic oxidation sites excluding steroid dienone is 1. The highest BCUT2D eigenvalue weighted by Crippen LogP contribution is 2.36. The standard InChI is InChI=1S/C22H26O8/c1-12(7-8-23)21(26)29-19-10-16(11-24)5-6-17(28-15(4)25)13(2)9-18-20(19)14(3)22(27)30-18/h5,7-9,17-20,24H,3,6,10-11H2,1-2,4H3/b12-7+,13-9-,16-5+/t17-,18-,19+,20-/m0/s1. The van der Waals surface area contributed by atoms with Crippen LogP contribution in [0.1, 0.15) is 33.6 Å². The van der Waals surface area contributed by atoms with Crippen LogP contribution in [0.25, 0.3) is 0 Å². The van der Waals surface area contributed by atoms with Gasteiger partial charge in [-0.25, -0.2) is 9.59 Å². The van der Waals surface area contributed by atoms with Gasteiger partial charge in [0, 0.05) is 30.9 Å². The smallest absolute Gasteiger partial charge is 0.334 e. The third-order valence-corrected chi connectivity index (χ3v) is 5.09. The summed E-state index contributed by atoms with van der Waals surface area (Å²) in [5, 5.41) is 9.80. The molecule has 0 aromatic heterocycles. The molecule has 0 aromatic rings. The van der Waals surface area contributed by atoms with E-state index in [9.17, 15) is 24.3 Å². The molecule has 1 aliphatic carbocycles. The lowest BCUT2D eigenvalue weighted by atomic mass is 9.85. The molecule has 162 valence electrons. The van der Waals surface area contributed by atoms with Gasteiger partial charge in [0.2, 0.25) is 0 Å². The minimum absolute atomic E-state index is 0.102. The van der Waals surface area contributed by atoms with Crippen molar-refractivity contribution in [1.29, 1.82) is 0 Å². The van der Waals surface area contributed by atoms with Gasteiger partial charge in [-0.15, -0.1) is 0 Å². The average Bonchev–Trinajstić information content (AvgIpc) is 2.95. The molecular formula is C22H26O8. The van der Waals surface area contributed by atoms with Crippen LogP contribution in [-0.4, -0.2) is 54.2 Å². The molecule has 2 aliphatic rings. The van der Waals surface area contributed by atoms with Crippen LogP contribution in [0.4, 0.5) is 0 Å². The van der Waals surface area contributed by atoms with E-state index in [-0.39, 0.29) is 24.2 Å². The number of fused-ring (bicyclic) bond motifs is 1. The lowest BCUT2D eigenvalue weighted by Gasteiger charge is -2.29. The van der Waals surface area contributed by atoms with Crippen molar-refractivity contribution in [2.45, 2.75) is 51.9 Å². The van der Waals surface area contributed by atoms with Gasteiger partial charge in [-0.3, -0.25) is 9.59 Å². The number of hydrogen-bond acceptors (Lipinski definition) is 8. The van der Waals surface area contributed by atoms with E-state index in [1.807, 2.05) is 0 Å². The first-order valence-electron chi connectivity index (χ1n) is 9.55. The number of rotatable bonds is 5. The zero-order valence-electron chi connectivity index (χ0n) is 17.3. The quantitative estimate of drug-likeness (QED) is 0.236. The Balaban J connectivity index is 2.47. The van der Waals surface area contributed by atoms with E-state index in [2.05, 4.69) is 6.58 Å². The van der Waals surface area contributed by atoms with Crippen LogP contribution >= 0.6 is 0 Å². The van der Waals surface area contributed by atoms with Gasteiger partial charge in [-0.1, -0.05) is 12.7 Å². The summed E-state index contributed by atoms with van der Waals surface area (Å²) in [5.74, 6) is -2.50. The Bertz CT molecular complexity index is 832. The summed E-state index contributed by atoms with van der Waals surface area (Å²) in [4.78, 5) is 46.8. The first-order chi connectivity index (χ1) is 14.2. The molecule has 0 bridgehead atoms. The van der Waals surface area contributed by atoms with Crippen molar-refractivity contribution in [2.24, 2.45) is 5.92 Å². The Labute approximate surface area is 174 Å². The van der Waals surface area contributed by atoms with E-state index < -0.39 is 42.1 Å². The topological polar surface area (TPSA) is 116 Å². The second kappa shape index (κ2) is 10.2. The Morgan fingerprint density at radius 3 is 2.63 bits per heavy atom. The van der Waals surface area contributed by atoms with Crippen LogP contribution in [0.15, 0.2) is 47.1 Å². The lowest BCUT2D eigenvalue weighted by molar-refractivity contribution is -0.148. The number of esters is 3. The fraction of sp³-hybridized carbons (Fsp3) is 0.455. The molecule has 0 unspecified atom stereocenters. The summed E-state index contributed by atoms with van der Waals surface area (Å²) in [7, 11) is 0. The molecule has 0 radical (unpaired) electrons. The molecule has 1 fully saturated rings. The Hall–Kier alpha value is -3.00. The summed E-state index contributed by atoms with van der Waals surface area (Å²) in [6, 6.07) is 0. The molecule has 1 saturated heterocycles. The monoisotopic (exact) mass is 418 g/mol. The highest BCUT2D eigenvalue weighted by atomic mass is 16.6. The highest BCUT2D eigenvalue weighted by molar-refractivity contribution is 5.93. The second-order valence-corrected chi connectivity index (χ2v) is 7.32. The van der Waals surface area contributed by atoms with Gasteiger partial charge in [-0.2, -0.15) is 0 Å². The van der Waals surface area contributed by atoms with Gasteiger partial charge in [0.15, 0.2) is 0 Å².